The van der Waals surface area contributed by atoms with Gasteiger partial charge in [-0.3, -0.25) is 4.79 Å². The second-order valence-corrected chi connectivity index (χ2v) is 4.39. The second-order valence-electron chi connectivity index (χ2n) is 3.48. The molecule has 0 aliphatic rings. The number of hydrogen-bond donors (Lipinski definition) is 2. The van der Waals surface area contributed by atoms with Crippen molar-refractivity contribution in [2.75, 3.05) is 20.3 Å². The van der Waals surface area contributed by atoms with Gasteiger partial charge in [0.1, 0.15) is 5.82 Å². The summed E-state index contributed by atoms with van der Waals surface area (Å²) in [5.41, 5.74) is 0.196. The molecule has 1 unspecified atom stereocenters. The normalized spacial score (nSPS) is 12.2. The number of benzene rings is 1. The second kappa shape index (κ2) is 6.68. The lowest BCUT2D eigenvalue weighted by molar-refractivity contribution is 0.0609. The summed E-state index contributed by atoms with van der Waals surface area (Å²) in [4.78, 5) is 11.6. The van der Waals surface area contributed by atoms with Crippen LogP contribution in [0.25, 0.3) is 0 Å². The molecule has 0 aliphatic heterocycles. The van der Waals surface area contributed by atoms with Gasteiger partial charge in [-0.2, -0.15) is 0 Å². The minimum Gasteiger partial charge on any atom is -0.389 e. The zero-order valence-corrected chi connectivity index (χ0v) is 10.8. The van der Waals surface area contributed by atoms with Crippen LogP contribution in [-0.4, -0.2) is 37.4 Å². The van der Waals surface area contributed by atoms with E-state index in [2.05, 4.69) is 21.2 Å². The Bertz CT molecular complexity index is 380. The monoisotopic (exact) mass is 305 g/mol. The third kappa shape index (κ3) is 4.80. The summed E-state index contributed by atoms with van der Waals surface area (Å²) in [6.07, 6.45) is -0.777. The Labute approximate surface area is 107 Å². The minimum atomic E-state index is -0.777. The maximum absolute atomic E-state index is 13.0. The molecule has 1 amide bonds. The van der Waals surface area contributed by atoms with E-state index in [1.165, 1.54) is 19.2 Å². The summed E-state index contributed by atoms with van der Waals surface area (Å²) in [5, 5.41) is 11.8. The van der Waals surface area contributed by atoms with E-state index in [0.717, 1.165) is 6.07 Å². The summed E-state index contributed by atoms with van der Waals surface area (Å²) in [6, 6.07) is 3.89. The molecule has 4 nitrogen and oxygen atoms in total. The quantitative estimate of drug-likeness (QED) is 0.863. The lowest BCUT2D eigenvalue weighted by atomic mass is 10.2. The number of halogens is 2. The fraction of sp³-hybridized carbons (Fsp3) is 0.364. The Balaban J connectivity index is 2.58. The van der Waals surface area contributed by atoms with E-state index in [1.807, 2.05) is 0 Å². The molecule has 0 radical (unpaired) electrons. The topological polar surface area (TPSA) is 58.6 Å². The maximum atomic E-state index is 13.0. The molecule has 1 atom stereocenters. The summed E-state index contributed by atoms with van der Waals surface area (Å²) in [7, 11) is 1.45. The van der Waals surface area contributed by atoms with Crippen LogP contribution in [-0.2, 0) is 4.74 Å². The van der Waals surface area contributed by atoms with Gasteiger partial charge in [0.2, 0.25) is 0 Å². The molecule has 0 aliphatic carbocycles. The number of ether oxygens (including phenoxy) is 1. The lowest BCUT2D eigenvalue weighted by Gasteiger charge is -2.10. The first-order valence-electron chi connectivity index (χ1n) is 4.94. The van der Waals surface area contributed by atoms with Crippen LogP contribution in [0.3, 0.4) is 0 Å². The standard InChI is InChI=1S/C11H13BrFNO3/c1-17-6-10(15)5-14-11(16)7-2-8(12)4-9(13)3-7/h2-4,10,15H,5-6H2,1H3,(H,14,16). The summed E-state index contributed by atoms with van der Waals surface area (Å²) < 4.78 is 18.2. The van der Waals surface area contributed by atoms with E-state index in [-0.39, 0.29) is 18.7 Å². The van der Waals surface area contributed by atoms with Gasteiger partial charge < -0.3 is 15.2 Å². The average Bonchev–Trinajstić information content (AvgIpc) is 2.25. The molecule has 0 saturated carbocycles. The van der Waals surface area contributed by atoms with E-state index >= 15 is 0 Å². The fourth-order valence-electron chi connectivity index (χ4n) is 1.25. The van der Waals surface area contributed by atoms with Gasteiger partial charge >= 0.3 is 0 Å². The molecule has 2 N–H and O–H groups in total. The first-order valence-corrected chi connectivity index (χ1v) is 5.73. The third-order valence-electron chi connectivity index (χ3n) is 1.98. The van der Waals surface area contributed by atoms with Gasteiger partial charge in [0.15, 0.2) is 0 Å². The van der Waals surface area contributed by atoms with Crippen LogP contribution in [0.5, 0.6) is 0 Å². The predicted molar refractivity (Wildman–Crippen MR) is 64.3 cm³/mol. The van der Waals surface area contributed by atoms with Crippen molar-refractivity contribution >= 4 is 21.8 Å². The molecule has 1 aromatic rings. The zero-order chi connectivity index (χ0) is 12.8. The van der Waals surface area contributed by atoms with Gasteiger partial charge in [-0.05, 0) is 18.2 Å². The van der Waals surface area contributed by atoms with Gasteiger partial charge in [0.25, 0.3) is 5.91 Å². The SMILES string of the molecule is COCC(O)CNC(=O)c1cc(F)cc(Br)c1. The third-order valence-corrected chi connectivity index (χ3v) is 2.44. The largest absolute Gasteiger partial charge is 0.389 e. The van der Waals surface area contributed by atoms with Gasteiger partial charge in [-0.25, -0.2) is 4.39 Å². The average molecular weight is 306 g/mol. The highest BCUT2D eigenvalue weighted by atomic mass is 79.9. The molecule has 1 rings (SSSR count). The predicted octanol–water partition coefficient (Wildman–Crippen LogP) is 1.33. The number of aliphatic hydroxyl groups is 1. The van der Waals surface area contributed by atoms with Crippen molar-refractivity contribution in [3.8, 4) is 0 Å². The summed E-state index contributed by atoms with van der Waals surface area (Å²) >= 11 is 3.10. The van der Waals surface area contributed by atoms with Crippen molar-refractivity contribution in [2.45, 2.75) is 6.10 Å². The van der Waals surface area contributed by atoms with Crippen molar-refractivity contribution in [1.29, 1.82) is 0 Å². The molecule has 0 fully saturated rings. The van der Waals surface area contributed by atoms with Gasteiger partial charge in [-0.15, -0.1) is 0 Å². The van der Waals surface area contributed by atoms with E-state index in [1.54, 1.807) is 0 Å². The molecule has 94 valence electrons. The number of amides is 1. The number of carbonyl (C=O) groups is 1. The molecule has 0 heterocycles. The number of hydrogen-bond acceptors (Lipinski definition) is 3. The molecular formula is C11H13BrFNO3. The Morgan fingerprint density at radius 3 is 2.88 bits per heavy atom. The molecule has 17 heavy (non-hydrogen) atoms. The number of rotatable bonds is 5. The number of nitrogens with one attached hydrogen (secondary N) is 1. The van der Waals surface area contributed by atoms with Gasteiger partial charge in [0.05, 0.1) is 12.7 Å². The van der Waals surface area contributed by atoms with Crippen LogP contribution in [0.1, 0.15) is 10.4 Å². The highest BCUT2D eigenvalue weighted by molar-refractivity contribution is 9.10. The highest BCUT2D eigenvalue weighted by Crippen LogP contribution is 2.14. The van der Waals surface area contributed by atoms with Crippen LogP contribution in [0.2, 0.25) is 0 Å². The van der Waals surface area contributed by atoms with E-state index in [4.69, 9.17) is 4.74 Å². The van der Waals surface area contributed by atoms with Crippen LogP contribution in [0, 0.1) is 5.82 Å². The highest BCUT2D eigenvalue weighted by Gasteiger charge is 2.10. The Morgan fingerprint density at radius 2 is 2.29 bits per heavy atom. The van der Waals surface area contributed by atoms with E-state index in [0.29, 0.717) is 4.47 Å². The smallest absolute Gasteiger partial charge is 0.251 e. The fourth-order valence-corrected chi connectivity index (χ4v) is 1.71. The maximum Gasteiger partial charge on any atom is 0.251 e. The van der Waals surface area contributed by atoms with Crippen molar-refractivity contribution < 1.29 is 19.0 Å². The van der Waals surface area contributed by atoms with E-state index in [9.17, 15) is 14.3 Å². The Morgan fingerprint density at radius 1 is 1.59 bits per heavy atom. The van der Waals surface area contributed by atoms with Crippen LogP contribution < -0.4 is 5.32 Å². The molecular weight excluding hydrogens is 293 g/mol. The molecule has 0 saturated heterocycles. The van der Waals surface area contributed by atoms with Crippen molar-refractivity contribution in [3.63, 3.8) is 0 Å². The Kier molecular flexibility index (Phi) is 5.54. The minimum absolute atomic E-state index is 0.0564. The zero-order valence-electron chi connectivity index (χ0n) is 9.24. The van der Waals surface area contributed by atoms with Crippen LogP contribution in [0.4, 0.5) is 4.39 Å². The van der Waals surface area contributed by atoms with Crippen LogP contribution in [0.15, 0.2) is 22.7 Å². The first-order chi connectivity index (χ1) is 8.02. The van der Waals surface area contributed by atoms with Gasteiger partial charge in [0, 0.05) is 23.7 Å². The molecule has 1 aromatic carbocycles. The number of methoxy groups -OCH3 is 1. The summed E-state index contributed by atoms with van der Waals surface area (Å²) in [5.74, 6) is -0.942. The number of carbonyl (C=O) groups excluding carboxylic acids is 1. The summed E-state index contributed by atoms with van der Waals surface area (Å²) in [6.45, 7) is 0.188. The Hall–Kier alpha value is -0.980. The molecule has 0 aromatic heterocycles. The molecule has 6 heteroatoms. The van der Waals surface area contributed by atoms with Crippen molar-refractivity contribution in [1.82, 2.24) is 5.32 Å². The molecule has 0 bridgehead atoms. The number of aliphatic hydroxyl groups excluding tert-OH is 1. The van der Waals surface area contributed by atoms with Crippen LogP contribution >= 0.6 is 15.9 Å². The van der Waals surface area contributed by atoms with Crippen molar-refractivity contribution in [2.24, 2.45) is 0 Å². The lowest BCUT2D eigenvalue weighted by Crippen LogP contribution is -2.34. The van der Waals surface area contributed by atoms with Crippen molar-refractivity contribution in [3.05, 3.63) is 34.1 Å². The molecule has 0 spiro atoms. The first kappa shape index (κ1) is 14.1. The van der Waals surface area contributed by atoms with E-state index < -0.39 is 17.8 Å². The van der Waals surface area contributed by atoms with Gasteiger partial charge in [-0.1, -0.05) is 15.9 Å².